The molecule has 0 bridgehead atoms. The summed E-state index contributed by atoms with van der Waals surface area (Å²) >= 11 is 1.51. The van der Waals surface area contributed by atoms with Crippen molar-refractivity contribution in [1.29, 1.82) is 0 Å². The van der Waals surface area contributed by atoms with Gasteiger partial charge in [-0.15, -0.1) is 11.3 Å². The Morgan fingerprint density at radius 3 is 2.75 bits per heavy atom. The van der Waals surface area contributed by atoms with E-state index < -0.39 is 10.2 Å². The van der Waals surface area contributed by atoms with Gasteiger partial charge >= 0.3 is 10.2 Å². The molecule has 0 radical (unpaired) electrons. The van der Waals surface area contributed by atoms with E-state index >= 15 is 0 Å². The maximum absolute atomic E-state index is 12.0. The van der Waals surface area contributed by atoms with Gasteiger partial charge in [-0.3, -0.25) is 0 Å². The third kappa shape index (κ3) is 3.32. The van der Waals surface area contributed by atoms with Gasteiger partial charge in [0.2, 0.25) is 0 Å². The van der Waals surface area contributed by atoms with Crippen molar-refractivity contribution in [1.82, 2.24) is 18.2 Å². The van der Waals surface area contributed by atoms with Crippen LogP contribution in [-0.4, -0.2) is 40.8 Å². The molecule has 3 aromatic rings. The van der Waals surface area contributed by atoms with Crippen molar-refractivity contribution >= 4 is 21.5 Å². The van der Waals surface area contributed by atoms with E-state index in [4.69, 9.17) is 4.74 Å². The Morgan fingerprint density at radius 2 is 2.04 bits per heavy atom. The predicted molar refractivity (Wildman–Crippen MR) is 92.1 cm³/mol. The average molecular weight is 364 g/mol. The Morgan fingerprint density at radius 1 is 1.25 bits per heavy atom. The lowest BCUT2D eigenvalue weighted by molar-refractivity contribution is 0.303. The smallest absolute Gasteiger partial charge is 0.308 e. The Labute approximate surface area is 144 Å². The minimum atomic E-state index is -3.56. The van der Waals surface area contributed by atoms with E-state index in [0.717, 1.165) is 19.5 Å². The zero-order valence-electron chi connectivity index (χ0n) is 13.2. The lowest BCUT2D eigenvalue weighted by Crippen LogP contribution is -2.27. The highest BCUT2D eigenvalue weighted by Crippen LogP contribution is 2.29. The molecule has 24 heavy (non-hydrogen) atoms. The number of para-hydroxylation sites is 1. The lowest BCUT2D eigenvalue weighted by Gasteiger charge is -2.11. The number of ether oxygens (including phenoxy) is 1. The summed E-state index contributed by atoms with van der Waals surface area (Å²) in [5, 5.41) is 1.95. The standard InChI is InChI=1S/C15H16N4O3S2/c1-18(2)24(20,21)19-7-12(16-10-19)8-22-15-6-4-3-5-13(15)14-9-23-11-17-14/h3-7,9-11H,8H2,1-2H3. The van der Waals surface area contributed by atoms with E-state index in [1.807, 2.05) is 29.6 Å². The number of thiazole rings is 1. The summed E-state index contributed by atoms with van der Waals surface area (Å²) in [5.74, 6) is 0.674. The molecule has 0 aliphatic carbocycles. The van der Waals surface area contributed by atoms with Crippen molar-refractivity contribution in [3.05, 3.63) is 53.4 Å². The second-order valence-corrected chi connectivity index (χ2v) is 7.91. The molecular formula is C15H16N4O3S2. The van der Waals surface area contributed by atoms with Crippen LogP contribution in [0.15, 0.2) is 47.7 Å². The Hall–Kier alpha value is -2.23. The first-order chi connectivity index (χ1) is 11.5. The molecule has 0 aliphatic rings. The lowest BCUT2D eigenvalue weighted by atomic mass is 10.1. The molecule has 2 heterocycles. The van der Waals surface area contributed by atoms with Crippen molar-refractivity contribution < 1.29 is 13.2 Å². The summed E-state index contributed by atoms with van der Waals surface area (Å²) in [6.07, 6.45) is 2.71. The fraction of sp³-hybridized carbons (Fsp3) is 0.200. The van der Waals surface area contributed by atoms with Crippen LogP contribution >= 0.6 is 11.3 Å². The summed E-state index contributed by atoms with van der Waals surface area (Å²) in [6.45, 7) is 0.164. The molecule has 0 spiro atoms. The first-order valence-electron chi connectivity index (χ1n) is 7.05. The zero-order valence-corrected chi connectivity index (χ0v) is 14.8. The molecule has 0 saturated carbocycles. The number of nitrogens with zero attached hydrogens (tertiary/aromatic N) is 4. The van der Waals surface area contributed by atoms with Gasteiger partial charge in [-0.2, -0.15) is 12.7 Å². The predicted octanol–water partition coefficient (Wildman–Crippen LogP) is 2.24. The van der Waals surface area contributed by atoms with Gasteiger partial charge in [0.1, 0.15) is 18.7 Å². The summed E-state index contributed by atoms with van der Waals surface area (Å²) in [6, 6.07) is 7.57. The number of aromatic nitrogens is 3. The van der Waals surface area contributed by atoms with E-state index in [0.29, 0.717) is 11.4 Å². The van der Waals surface area contributed by atoms with Crippen LogP contribution < -0.4 is 4.74 Å². The van der Waals surface area contributed by atoms with Crippen molar-refractivity contribution in [3.63, 3.8) is 0 Å². The molecule has 0 fully saturated rings. The van der Waals surface area contributed by atoms with Crippen LogP contribution in [0.2, 0.25) is 0 Å². The van der Waals surface area contributed by atoms with Gasteiger partial charge in [-0.25, -0.2) is 13.9 Å². The van der Waals surface area contributed by atoms with Gasteiger partial charge in [0, 0.05) is 31.2 Å². The molecule has 0 amide bonds. The van der Waals surface area contributed by atoms with Gasteiger partial charge in [-0.05, 0) is 12.1 Å². The van der Waals surface area contributed by atoms with Crippen LogP contribution in [0.4, 0.5) is 0 Å². The van der Waals surface area contributed by atoms with Crippen LogP contribution in [0.3, 0.4) is 0 Å². The molecule has 0 aliphatic heterocycles. The molecule has 0 N–H and O–H groups in total. The third-order valence-corrected chi connectivity index (χ3v) is 5.55. The van der Waals surface area contributed by atoms with Crippen molar-refractivity contribution in [2.24, 2.45) is 0 Å². The highest BCUT2D eigenvalue weighted by atomic mass is 32.2. The highest BCUT2D eigenvalue weighted by molar-refractivity contribution is 7.87. The number of rotatable bonds is 6. The van der Waals surface area contributed by atoms with E-state index in [-0.39, 0.29) is 6.61 Å². The first kappa shape index (κ1) is 16.6. The summed E-state index contributed by atoms with van der Waals surface area (Å²) in [4.78, 5) is 8.38. The highest BCUT2D eigenvalue weighted by Gasteiger charge is 2.17. The minimum absolute atomic E-state index is 0.164. The molecule has 2 aromatic heterocycles. The second-order valence-electron chi connectivity index (χ2n) is 5.14. The minimum Gasteiger partial charge on any atom is -0.487 e. The monoisotopic (exact) mass is 364 g/mol. The molecule has 0 saturated heterocycles. The van der Waals surface area contributed by atoms with E-state index in [1.165, 1.54) is 38.0 Å². The SMILES string of the molecule is CN(C)S(=O)(=O)n1cnc(COc2ccccc2-c2cscn2)c1. The van der Waals surface area contributed by atoms with Crippen molar-refractivity contribution in [2.45, 2.75) is 6.61 Å². The number of hydrogen-bond donors (Lipinski definition) is 0. The van der Waals surface area contributed by atoms with Gasteiger partial charge in [0.25, 0.3) is 0 Å². The maximum Gasteiger partial charge on any atom is 0.308 e. The number of benzene rings is 1. The van der Waals surface area contributed by atoms with Gasteiger partial charge in [-0.1, -0.05) is 12.1 Å². The number of hydrogen-bond acceptors (Lipinski definition) is 6. The second kappa shape index (κ2) is 6.71. The summed E-state index contributed by atoms with van der Waals surface area (Å²) in [5.41, 5.74) is 4.02. The fourth-order valence-electron chi connectivity index (χ4n) is 2.04. The average Bonchev–Trinajstić information content (AvgIpc) is 3.25. The quantitative estimate of drug-likeness (QED) is 0.670. The molecule has 1 aromatic carbocycles. The van der Waals surface area contributed by atoms with E-state index in [1.54, 1.807) is 5.51 Å². The van der Waals surface area contributed by atoms with Crippen LogP contribution in [0.1, 0.15) is 5.69 Å². The van der Waals surface area contributed by atoms with Gasteiger partial charge in [0.15, 0.2) is 0 Å². The normalized spacial score (nSPS) is 11.8. The van der Waals surface area contributed by atoms with Gasteiger partial charge < -0.3 is 4.74 Å². The Kier molecular flexibility index (Phi) is 4.65. The van der Waals surface area contributed by atoms with Crippen LogP contribution in [0.25, 0.3) is 11.3 Å². The van der Waals surface area contributed by atoms with Crippen LogP contribution in [-0.2, 0) is 16.8 Å². The first-order valence-corrected chi connectivity index (χ1v) is 9.39. The number of imidazole rings is 1. The third-order valence-electron chi connectivity index (χ3n) is 3.31. The van der Waals surface area contributed by atoms with Crippen molar-refractivity contribution in [3.8, 4) is 17.0 Å². The van der Waals surface area contributed by atoms with E-state index in [2.05, 4.69) is 9.97 Å². The Bertz CT molecular complexity index is 918. The topological polar surface area (TPSA) is 77.3 Å². The molecule has 0 unspecified atom stereocenters. The van der Waals surface area contributed by atoms with E-state index in [9.17, 15) is 8.42 Å². The zero-order chi connectivity index (χ0) is 17.2. The van der Waals surface area contributed by atoms with Gasteiger partial charge in [0.05, 0.1) is 16.9 Å². The van der Waals surface area contributed by atoms with Crippen LogP contribution in [0, 0.1) is 0 Å². The van der Waals surface area contributed by atoms with Crippen molar-refractivity contribution in [2.75, 3.05) is 14.1 Å². The van der Waals surface area contributed by atoms with Crippen LogP contribution in [0.5, 0.6) is 5.75 Å². The molecular weight excluding hydrogens is 348 g/mol. The summed E-state index contributed by atoms with van der Waals surface area (Å²) in [7, 11) is -0.624. The molecule has 0 atom stereocenters. The molecule has 3 rings (SSSR count). The molecule has 9 heteroatoms. The largest absolute Gasteiger partial charge is 0.487 e. The molecule has 126 valence electrons. The fourth-order valence-corrected chi connectivity index (χ4v) is 3.39. The maximum atomic E-state index is 12.0. The summed E-state index contributed by atoms with van der Waals surface area (Å²) < 4.78 is 32.1. The Balaban J connectivity index is 1.77. The molecule has 7 nitrogen and oxygen atoms in total.